The number of nitro groups is 2. The van der Waals surface area contributed by atoms with Crippen molar-refractivity contribution >= 4 is 51.9 Å². The summed E-state index contributed by atoms with van der Waals surface area (Å²) in [5, 5.41) is 34.0. The van der Waals surface area contributed by atoms with E-state index in [1.165, 1.54) is 61.0 Å². The normalized spacial score (nSPS) is 10.5. The van der Waals surface area contributed by atoms with E-state index in [0.717, 1.165) is 23.5 Å². The van der Waals surface area contributed by atoms with Crippen molar-refractivity contribution in [3.05, 3.63) is 157 Å². The van der Waals surface area contributed by atoms with Crippen LogP contribution in [0.15, 0.2) is 109 Å². The van der Waals surface area contributed by atoms with Gasteiger partial charge in [-0.15, -0.1) is 11.3 Å². The zero-order valence-electron chi connectivity index (χ0n) is 27.2. The third-order valence-electron chi connectivity index (χ3n) is 7.71. The molecule has 16 heteroatoms. The monoisotopic (exact) mass is 754 g/mol. The Morgan fingerprint density at radius 1 is 0.792 bits per heavy atom. The van der Waals surface area contributed by atoms with E-state index in [0.29, 0.717) is 27.3 Å². The second-order valence-corrected chi connectivity index (χ2v) is 12.2. The molecule has 1 heterocycles. The highest BCUT2D eigenvalue weighted by Gasteiger charge is 2.23. The molecule has 6 rings (SSSR count). The maximum absolute atomic E-state index is 14.1. The van der Waals surface area contributed by atoms with Gasteiger partial charge in [0.2, 0.25) is 0 Å². The van der Waals surface area contributed by atoms with Gasteiger partial charge in [-0.2, -0.15) is 0 Å². The molecule has 5 aromatic carbocycles. The first-order valence-corrected chi connectivity index (χ1v) is 16.4. The summed E-state index contributed by atoms with van der Waals surface area (Å²) in [5.41, 5.74) is 7.04. The number of aromatic nitrogens is 1. The Morgan fingerprint density at radius 3 is 1.87 bits per heavy atom. The number of nitro benzene ring substituents is 2. The summed E-state index contributed by atoms with van der Waals surface area (Å²) >= 11 is 5.99. The molecule has 12 nitrogen and oxygen atoms in total. The Hall–Kier alpha value is -6.78. The number of aromatic carboxylic acids is 1. The van der Waals surface area contributed by atoms with Gasteiger partial charge in [-0.25, -0.2) is 23.4 Å². The van der Waals surface area contributed by atoms with Crippen molar-refractivity contribution in [2.45, 2.75) is 0 Å². The van der Waals surface area contributed by atoms with Gasteiger partial charge in [0.15, 0.2) is 0 Å². The molecule has 0 amide bonds. The predicted molar refractivity (Wildman–Crippen MR) is 198 cm³/mol. The lowest BCUT2D eigenvalue weighted by molar-refractivity contribution is -0.384. The molecule has 0 saturated heterocycles. The number of hydrogen-bond acceptors (Lipinski definition) is 10. The van der Waals surface area contributed by atoms with Crippen LogP contribution in [-0.4, -0.2) is 44.0 Å². The van der Waals surface area contributed by atoms with Crippen LogP contribution in [0.1, 0.15) is 26.3 Å². The number of methoxy groups -OCH3 is 1. The maximum Gasteiger partial charge on any atom is 0.338 e. The van der Waals surface area contributed by atoms with E-state index in [2.05, 4.69) is 4.98 Å². The average Bonchev–Trinajstić information content (AvgIpc) is 3.64. The van der Waals surface area contributed by atoms with Gasteiger partial charge < -0.3 is 15.6 Å². The molecule has 0 aliphatic carbocycles. The molecule has 0 bridgehead atoms. The minimum absolute atomic E-state index is 0.0928. The number of esters is 1. The first kappa shape index (κ1) is 37.5. The Balaban J connectivity index is 0.000000217. The fourth-order valence-electron chi connectivity index (χ4n) is 5.29. The fourth-order valence-corrected chi connectivity index (χ4v) is 6.22. The number of thiazole rings is 1. The summed E-state index contributed by atoms with van der Waals surface area (Å²) in [7, 11) is 1.24. The second-order valence-electron chi connectivity index (χ2n) is 10.9. The Kier molecular flexibility index (Phi) is 11.3. The molecule has 266 valence electrons. The Morgan fingerprint density at radius 2 is 1.34 bits per heavy atom. The predicted octanol–water partition coefficient (Wildman–Crippen LogP) is 8.71. The van der Waals surface area contributed by atoms with Crippen LogP contribution in [-0.2, 0) is 4.74 Å². The number of para-hydroxylation sites is 2. The molecule has 0 atom stereocenters. The van der Waals surface area contributed by atoms with Crippen molar-refractivity contribution in [3.8, 4) is 44.1 Å². The van der Waals surface area contributed by atoms with Crippen molar-refractivity contribution in [1.82, 2.24) is 4.98 Å². The van der Waals surface area contributed by atoms with Crippen molar-refractivity contribution in [3.63, 3.8) is 0 Å². The molecule has 0 aliphatic rings. The minimum Gasteiger partial charge on any atom is -0.478 e. The van der Waals surface area contributed by atoms with Crippen LogP contribution in [0.3, 0.4) is 0 Å². The minimum atomic E-state index is -1.27. The SMILES string of the molecule is COC(=O)c1cc(C(N)=S)ccc1-c1ccccc1[N+](=O)[O-].O=C(O)c1cc(-c2nc(-c3c(F)cccc3F)cs2)ccc1-c1ccccc1[N+](=O)[O-]. The van der Waals surface area contributed by atoms with Crippen molar-refractivity contribution in [1.29, 1.82) is 0 Å². The highest BCUT2D eigenvalue weighted by atomic mass is 32.1. The summed E-state index contributed by atoms with van der Waals surface area (Å²) in [4.78, 5) is 49.7. The van der Waals surface area contributed by atoms with Crippen molar-refractivity contribution < 1.29 is 38.1 Å². The number of carbonyl (C=O) groups is 2. The number of nitrogens with zero attached hydrogens (tertiary/aromatic N) is 3. The van der Waals surface area contributed by atoms with Gasteiger partial charge >= 0.3 is 11.9 Å². The molecule has 53 heavy (non-hydrogen) atoms. The number of carbonyl (C=O) groups excluding carboxylic acids is 1. The molecular weight excluding hydrogens is 731 g/mol. The molecule has 6 aromatic rings. The van der Waals surface area contributed by atoms with E-state index in [1.807, 2.05) is 0 Å². The number of benzene rings is 5. The number of carboxylic acids is 1. The molecule has 0 spiro atoms. The summed E-state index contributed by atoms with van der Waals surface area (Å²) in [6.07, 6.45) is 0. The van der Waals surface area contributed by atoms with E-state index >= 15 is 0 Å². The van der Waals surface area contributed by atoms with E-state index < -0.39 is 33.4 Å². The highest BCUT2D eigenvalue weighted by molar-refractivity contribution is 7.80. The van der Waals surface area contributed by atoms with Crippen molar-refractivity contribution in [2.75, 3.05) is 7.11 Å². The van der Waals surface area contributed by atoms with E-state index in [-0.39, 0.29) is 49.9 Å². The average molecular weight is 755 g/mol. The molecular formula is C37H24F2N4O8S2. The highest BCUT2D eigenvalue weighted by Crippen LogP contribution is 2.37. The fraction of sp³-hybridized carbons (Fsp3) is 0.0270. The largest absolute Gasteiger partial charge is 0.478 e. The second kappa shape index (κ2) is 16.1. The van der Waals surface area contributed by atoms with Crippen LogP contribution in [0.4, 0.5) is 20.2 Å². The Bertz CT molecular complexity index is 2420. The van der Waals surface area contributed by atoms with Crippen LogP contribution in [0.25, 0.3) is 44.1 Å². The van der Waals surface area contributed by atoms with Crippen LogP contribution < -0.4 is 5.73 Å². The summed E-state index contributed by atoms with van der Waals surface area (Å²) in [6, 6.07) is 24.5. The van der Waals surface area contributed by atoms with E-state index in [9.17, 15) is 43.7 Å². The first-order chi connectivity index (χ1) is 25.3. The Labute approximate surface area is 308 Å². The van der Waals surface area contributed by atoms with Gasteiger partial charge in [0, 0.05) is 39.8 Å². The van der Waals surface area contributed by atoms with Gasteiger partial charge in [0.1, 0.15) is 21.6 Å². The zero-order valence-corrected chi connectivity index (χ0v) is 28.8. The van der Waals surface area contributed by atoms with Gasteiger partial charge in [-0.05, 0) is 36.4 Å². The van der Waals surface area contributed by atoms with Gasteiger partial charge in [0.05, 0.1) is 50.5 Å². The van der Waals surface area contributed by atoms with Crippen LogP contribution in [0.5, 0.6) is 0 Å². The molecule has 3 N–H and O–H groups in total. The van der Waals surface area contributed by atoms with E-state index in [4.69, 9.17) is 22.7 Å². The van der Waals surface area contributed by atoms with E-state index in [1.54, 1.807) is 42.5 Å². The third-order valence-corrected chi connectivity index (χ3v) is 8.84. The molecule has 1 aromatic heterocycles. The molecule has 0 unspecified atom stereocenters. The number of rotatable bonds is 9. The van der Waals surface area contributed by atoms with Gasteiger partial charge in [0.25, 0.3) is 11.4 Å². The maximum atomic E-state index is 14.1. The van der Waals surface area contributed by atoms with Crippen LogP contribution in [0, 0.1) is 31.9 Å². The molecule has 0 saturated carbocycles. The van der Waals surface area contributed by atoms with Gasteiger partial charge in [-0.3, -0.25) is 20.2 Å². The topological polar surface area (TPSA) is 189 Å². The number of hydrogen-bond donors (Lipinski definition) is 2. The summed E-state index contributed by atoms with van der Waals surface area (Å²) < 4.78 is 32.8. The number of halogens is 2. The van der Waals surface area contributed by atoms with Crippen molar-refractivity contribution in [2.24, 2.45) is 5.73 Å². The number of ether oxygens (including phenoxy) is 1. The summed E-state index contributed by atoms with van der Waals surface area (Å²) in [5.74, 6) is -3.40. The molecule has 0 radical (unpaired) electrons. The molecule has 0 aliphatic heterocycles. The number of nitrogens with two attached hydrogens (primary N) is 1. The third kappa shape index (κ3) is 8.08. The zero-order chi connectivity index (χ0) is 38.4. The van der Waals surface area contributed by atoms with Gasteiger partial charge in [-0.1, -0.05) is 66.8 Å². The standard InChI is InChI=1S/C22H12F2N2O4S.C15H12N2O4S/c23-16-5-3-6-17(24)20(16)18-11-31-21(25-18)12-8-9-13(15(10-12)22(27)28)14-4-1-2-7-19(14)26(29)30;1-21-15(18)12-8-9(14(16)22)6-7-10(12)11-4-2-3-5-13(11)17(19)20/h1-11H,(H,27,28);2-8H,1H3,(H2,16,22). The summed E-state index contributed by atoms with van der Waals surface area (Å²) in [6.45, 7) is 0. The lowest BCUT2D eigenvalue weighted by Gasteiger charge is -2.10. The number of carboxylic acid groups (broad SMARTS) is 1. The lowest BCUT2D eigenvalue weighted by atomic mass is 9.96. The first-order valence-electron chi connectivity index (χ1n) is 15.1. The van der Waals surface area contributed by atoms with Crippen LogP contribution >= 0.6 is 23.6 Å². The lowest BCUT2D eigenvalue weighted by Crippen LogP contribution is -2.12. The smallest absolute Gasteiger partial charge is 0.338 e. The molecule has 0 fully saturated rings. The van der Waals surface area contributed by atoms with Crippen LogP contribution in [0.2, 0.25) is 0 Å². The number of thiocarbonyl (C=S) groups is 1. The quantitative estimate of drug-likeness (QED) is 0.0622.